The van der Waals surface area contributed by atoms with Crippen molar-refractivity contribution in [1.29, 1.82) is 0 Å². The number of rotatable bonds is 7. The molecule has 22 heavy (non-hydrogen) atoms. The quantitative estimate of drug-likeness (QED) is 0.671. The first kappa shape index (κ1) is 14.9. The van der Waals surface area contributed by atoms with Gasteiger partial charge in [0.1, 0.15) is 11.5 Å². The molecule has 0 radical (unpaired) electrons. The largest absolute Gasteiger partial charge is 0.463 e. The molecule has 114 valence electrons. The van der Waals surface area contributed by atoms with Crippen LogP contribution in [0.2, 0.25) is 0 Å². The number of thiazole rings is 1. The van der Waals surface area contributed by atoms with Crippen molar-refractivity contribution in [1.82, 2.24) is 10.3 Å². The van der Waals surface area contributed by atoms with Crippen LogP contribution in [0.5, 0.6) is 0 Å². The molecular weight excluding hydrogens is 299 g/mol. The summed E-state index contributed by atoms with van der Waals surface area (Å²) in [5.74, 6) is 0.625. The van der Waals surface area contributed by atoms with Crippen LogP contribution in [-0.4, -0.2) is 18.1 Å². The van der Waals surface area contributed by atoms with Gasteiger partial charge in [0.05, 0.1) is 11.3 Å². The molecule has 5 heteroatoms. The Kier molecular flexibility index (Phi) is 4.98. The Morgan fingerprint density at radius 1 is 1.09 bits per heavy atom. The zero-order chi connectivity index (χ0) is 15.2. The van der Waals surface area contributed by atoms with Crippen LogP contribution in [0.3, 0.4) is 0 Å². The second kappa shape index (κ2) is 7.33. The van der Waals surface area contributed by atoms with Gasteiger partial charge in [-0.15, -0.1) is 11.3 Å². The predicted molar refractivity (Wildman–Crippen MR) is 86.5 cm³/mol. The molecule has 0 amide bonds. The highest BCUT2D eigenvalue weighted by Gasteiger charge is 2.06. The molecule has 0 atom stereocenters. The van der Waals surface area contributed by atoms with Crippen LogP contribution < -0.4 is 5.32 Å². The number of hydrogen-bond acceptors (Lipinski definition) is 4. The summed E-state index contributed by atoms with van der Waals surface area (Å²) in [5.41, 5.74) is 2.04. The fraction of sp³-hybridized carbons (Fsp3) is 0.235. The third kappa shape index (κ3) is 4.02. The summed E-state index contributed by atoms with van der Waals surface area (Å²) < 4.78 is 18.1. The van der Waals surface area contributed by atoms with E-state index in [0.717, 1.165) is 48.0 Å². The number of hydrogen-bond donors (Lipinski definition) is 1. The third-order valence-electron chi connectivity index (χ3n) is 3.34. The summed E-state index contributed by atoms with van der Waals surface area (Å²) in [6.07, 6.45) is 3.45. The minimum Gasteiger partial charge on any atom is -0.463 e. The number of halogens is 1. The molecule has 1 N–H and O–H groups in total. The lowest BCUT2D eigenvalue weighted by molar-refractivity contribution is 0.580. The molecule has 0 fully saturated rings. The van der Waals surface area contributed by atoms with Crippen molar-refractivity contribution >= 4 is 11.3 Å². The Morgan fingerprint density at radius 3 is 2.68 bits per heavy atom. The first-order valence-electron chi connectivity index (χ1n) is 7.25. The van der Waals surface area contributed by atoms with Gasteiger partial charge in [-0.05, 0) is 42.8 Å². The molecule has 2 heterocycles. The van der Waals surface area contributed by atoms with Crippen LogP contribution >= 0.6 is 11.3 Å². The van der Waals surface area contributed by atoms with Gasteiger partial charge < -0.3 is 9.73 Å². The van der Waals surface area contributed by atoms with Crippen molar-refractivity contribution in [2.24, 2.45) is 0 Å². The van der Waals surface area contributed by atoms with Crippen LogP contribution in [0.15, 0.2) is 52.5 Å². The minimum atomic E-state index is -0.187. The normalized spacial score (nSPS) is 11.0. The Hall–Kier alpha value is -1.98. The Morgan fingerprint density at radius 2 is 1.91 bits per heavy atom. The zero-order valence-electron chi connectivity index (χ0n) is 12.1. The molecule has 0 aliphatic heterocycles. The van der Waals surface area contributed by atoms with Gasteiger partial charge in [-0.25, -0.2) is 9.37 Å². The molecule has 0 saturated heterocycles. The second-order valence-corrected chi connectivity index (χ2v) is 5.92. The standard InChI is InChI=1S/C17H17FN2OS/c18-14-5-3-13(4-6-14)7-9-19-10-8-17-20-15(12-22-17)16-2-1-11-21-16/h1-6,11-12,19H,7-10H2. The molecule has 3 nitrogen and oxygen atoms in total. The van der Waals surface area contributed by atoms with Gasteiger partial charge in [-0.3, -0.25) is 0 Å². The maximum absolute atomic E-state index is 12.8. The van der Waals surface area contributed by atoms with Gasteiger partial charge in [0.15, 0.2) is 5.76 Å². The van der Waals surface area contributed by atoms with Crippen LogP contribution in [0, 0.1) is 5.82 Å². The van der Waals surface area contributed by atoms with E-state index < -0.39 is 0 Å². The molecule has 3 rings (SSSR count). The Bertz CT molecular complexity index is 692. The third-order valence-corrected chi connectivity index (χ3v) is 4.25. The van der Waals surface area contributed by atoms with Gasteiger partial charge in [-0.1, -0.05) is 12.1 Å². The lowest BCUT2D eigenvalue weighted by atomic mass is 10.1. The van der Waals surface area contributed by atoms with E-state index in [1.807, 2.05) is 29.6 Å². The number of nitrogens with zero attached hydrogens (tertiary/aromatic N) is 1. The van der Waals surface area contributed by atoms with Crippen LogP contribution in [0.25, 0.3) is 11.5 Å². The van der Waals surface area contributed by atoms with Crippen molar-refractivity contribution in [3.63, 3.8) is 0 Å². The van der Waals surface area contributed by atoms with E-state index >= 15 is 0 Å². The van der Waals surface area contributed by atoms with Gasteiger partial charge >= 0.3 is 0 Å². The molecule has 0 bridgehead atoms. The highest BCUT2D eigenvalue weighted by Crippen LogP contribution is 2.22. The summed E-state index contributed by atoms with van der Waals surface area (Å²) in [6.45, 7) is 1.76. The van der Waals surface area contributed by atoms with Gasteiger partial charge in [0.2, 0.25) is 0 Å². The lowest BCUT2D eigenvalue weighted by Gasteiger charge is -2.03. The smallest absolute Gasteiger partial charge is 0.153 e. The number of furan rings is 1. The average Bonchev–Trinajstić information content (AvgIpc) is 3.19. The number of aromatic nitrogens is 1. The molecule has 0 saturated carbocycles. The molecule has 2 aromatic heterocycles. The molecular formula is C17H17FN2OS. The summed E-state index contributed by atoms with van der Waals surface area (Å²) in [5, 5.41) is 6.51. The van der Waals surface area contributed by atoms with E-state index in [4.69, 9.17) is 4.42 Å². The maximum Gasteiger partial charge on any atom is 0.153 e. The van der Waals surface area contributed by atoms with Crippen molar-refractivity contribution < 1.29 is 8.81 Å². The highest BCUT2D eigenvalue weighted by molar-refractivity contribution is 7.09. The van der Waals surface area contributed by atoms with Crippen molar-refractivity contribution in [3.05, 3.63) is 64.4 Å². The molecule has 0 unspecified atom stereocenters. The number of nitrogens with one attached hydrogen (secondary N) is 1. The monoisotopic (exact) mass is 316 g/mol. The Labute approximate surface area is 132 Å². The van der Waals surface area contributed by atoms with Crippen LogP contribution in [-0.2, 0) is 12.8 Å². The van der Waals surface area contributed by atoms with E-state index in [1.165, 1.54) is 12.1 Å². The molecule has 3 aromatic rings. The summed E-state index contributed by atoms with van der Waals surface area (Å²) >= 11 is 1.65. The highest BCUT2D eigenvalue weighted by atomic mass is 32.1. The molecule has 0 spiro atoms. The first-order chi connectivity index (χ1) is 10.8. The van der Waals surface area contributed by atoms with E-state index in [9.17, 15) is 4.39 Å². The summed E-state index contributed by atoms with van der Waals surface area (Å²) in [7, 11) is 0. The average molecular weight is 316 g/mol. The predicted octanol–water partition coefficient (Wildman–Crippen LogP) is 3.92. The maximum atomic E-state index is 12.8. The van der Waals surface area contributed by atoms with Crippen LogP contribution in [0.4, 0.5) is 4.39 Å². The van der Waals surface area contributed by atoms with E-state index in [-0.39, 0.29) is 5.82 Å². The van der Waals surface area contributed by atoms with E-state index in [1.54, 1.807) is 17.6 Å². The van der Waals surface area contributed by atoms with Gasteiger partial charge in [0, 0.05) is 18.3 Å². The molecule has 0 aliphatic rings. The Balaban J connectivity index is 1.39. The fourth-order valence-corrected chi connectivity index (χ4v) is 2.95. The van der Waals surface area contributed by atoms with Gasteiger partial charge in [-0.2, -0.15) is 0 Å². The second-order valence-electron chi connectivity index (χ2n) is 4.98. The summed E-state index contributed by atoms with van der Waals surface area (Å²) in [6, 6.07) is 10.4. The SMILES string of the molecule is Fc1ccc(CCNCCc2nc(-c3ccco3)cs2)cc1. The van der Waals surface area contributed by atoms with Crippen molar-refractivity contribution in [2.45, 2.75) is 12.8 Å². The zero-order valence-corrected chi connectivity index (χ0v) is 12.9. The first-order valence-corrected chi connectivity index (χ1v) is 8.13. The molecule has 0 aliphatic carbocycles. The fourth-order valence-electron chi connectivity index (χ4n) is 2.17. The topological polar surface area (TPSA) is 38.1 Å². The van der Waals surface area contributed by atoms with Crippen molar-refractivity contribution in [3.8, 4) is 11.5 Å². The molecule has 1 aromatic carbocycles. The number of benzene rings is 1. The minimum absolute atomic E-state index is 0.187. The van der Waals surface area contributed by atoms with Gasteiger partial charge in [0.25, 0.3) is 0 Å². The van der Waals surface area contributed by atoms with Crippen LogP contribution in [0.1, 0.15) is 10.6 Å². The lowest BCUT2D eigenvalue weighted by Crippen LogP contribution is -2.20. The van der Waals surface area contributed by atoms with Crippen molar-refractivity contribution in [2.75, 3.05) is 13.1 Å². The van der Waals surface area contributed by atoms with E-state index in [0.29, 0.717) is 0 Å². The van der Waals surface area contributed by atoms with E-state index in [2.05, 4.69) is 10.3 Å². The summed E-state index contributed by atoms with van der Waals surface area (Å²) in [4.78, 5) is 4.56.